The summed E-state index contributed by atoms with van der Waals surface area (Å²) in [7, 11) is 0. The van der Waals surface area contributed by atoms with Gasteiger partial charge in [-0.1, -0.05) is 43.6 Å². The van der Waals surface area contributed by atoms with E-state index in [4.69, 9.17) is 11.6 Å². The molecule has 0 saturated heterocycles. The van der Waals surface area contributed by atoms with Crippen LogP contribution in [0.5, 0.6) is 0 Å². The van der Waals surface area contributed by atoms with E-state index in [0.29, 0.717) is 13.1 Å². The Kier molecular flexibility index (Phi) is 7.94. The summed E-state index contributed by atoms with van der Waals surface area (Å²) >= 11 is 6.06. The molecule has 1 N–H and O–H groups in total. The summed E-state index contributed by atoms with van der Waals surface area (Å²) in [6.07, 6.45) is 1.56. The quantitative estimate of drug-likeness (QED) is 0.492. The topological polar surface area (TPSA) is 97.4 Å². The highest BCUT2D eigenvalue weighted by atomic mass is 35.5. The maximum absolute atomic E-state index is 13.7. The van der Waals surface area contributed by atoms with E-state index >= 15 is 0 Å². The number of benzene rings is 2. The molecule has 0 spiro atoms. The minimum Gasteiger partial charge on any atom is -0.478 e. The van der Waals surface area contributed by atoms with Crippen LogP contribution >= 0.6 is 11.6 Å². The largest absolute Gasteiger partial charge is 0.478 e. The number of hydrogen-bond donors (Lipinski definition) is 1. The molecule has 2 aromatic carbocycles. The van der Waals surface area contributed by atoms with Crippen LogP contribution in [-0.4, -0.2) is 38.3 Å². The molecule has 180 valence electrons. The lowest BCUT2D eigenvalue weighted by Crippen LogP contribution is -2.45. The van der Waals surface area contributed by atoms with Crippen molar-refractivity contribution in [3.63, 3.8) is 0 Å². The molecule has 3 aromatic rings. The highest BCUT2D eigenvalue weighted by molar-refractivity contribution is 6.33. The Hall–Kier alpha value is -3.39. The second-order valence-corrected chi connectivity index (χ2v) is 8.68. The number of carboxylic acid groups (broad SMARTS) is 1. The van der Waals surface area contributed by atoms with E-state index in [0.717, 1.165) is 34.1 Å². The van der Waals surface area contributed by atoms with Crippen LogP contribution in [0.25, 0.3) is 5.69 Å². The Morgan fingerprint density at radius 3 is 2.29 bits per heavy atom. The fourth-order valence-corrected chi connectivity index (χ4v) is 4.01. The zero-order valence-corrected chi connectivity index (χ0v) is 20.6. The molecule has 0 radical (unpaired) electrons. The summed E-state index contributed by atoms with van der Waals surface area (Å²) in [5, 5.41) is 9.60. The second-order valence-electron chi connectivity index (χ2n) is 8.27. The molecule has 0 amide bonds. The van der Waals surface area contributed by atoms with Crippen molar-refractivity contribution in [3.05, 3.63) is 84.6 Å². The van der Waals surface area contributed by atoms with Crippen LogP contribution in [0.3, 0.4) is 0 Å². The third-order valence-corrected chi connectivity index (χ3v) is 6.00. The van der Waals surface area contributed by atoms with Gasteiger partial charge in [-0.15, -0.1) is 0 Å². The Morgan fingerprint density at radius 1 is 1.03 bits per heavy atom. The molecule has 0 aliphatic rings. The lowest BCUT2D eigenvalue weighted by atomic mass is 10.1. The minimum absolute atomic E-state index is 0.0486. The average Bonchev–Trinajstić information content (AvgIpc) is 2.79. The lowest BCUT2D eigenvalue weighted by molar-refractivity contribution is 0.0697. The molecule has 1 heterocycles. The van der Waals surface area contributed by atoms with Gasteiger partial charge < -0.3 is 10.0 Å². The predicted octanol–water partition coefficient (Wildman–Crippen LogP) is 4.04. The lowest BCUT2D eigenvalue weighted by Gasteiger charge is -2.26. The summed E-state index contributed by atoms with van der Waals surface area (Å²) in [6, 6.07) is 10.1. The number of aromatic nitrogens is 3. The zero-order valence-electron chi connectivity index (χ0n) is 19.8. The number of aromatic carboxylic acids is 1. The van der Waals surface area contributed by atoms with Crippen LogP contribution in [0, 0.1) is 13.8 Å². The molecule has 9 heteroatoms. The van der Waals surface area contributed by atoms with Crippen LogP contribution in [-0.2, 0) is 6.54 Å². The SMILES string of the molecule is CCCN(CCC)c1nc(=O)n(Cc2ccc(C)c(C)c2)c(=O)n1-c1ccc(Cl)c(C(=O)O)c1. The van der Waals surface area contributed by atoms with Gasteiger partial charge in [-0.2, -0.15) is 4.98 Å². The van der Waals surface area contributed by atoms with Gasteiger partial charge in [0.2, 0.25) is 5.95 Å². The summed E-state index contributed by atoms with van der Waals surface area (Å²) in [4.78, 5) is 44.6. The molecule has 0 unspecified atom stereocenters. The van der Waals surface area contributed by atoms with Gasteiger partial charge in [0.15, 0.2) is 0 Å². The van der Waals surface area contributed by atoms with Gasteiger partial charge in [0, 0.05) is 13.1 Å². The predicted molar refractivity (Wildman–Crippen MR) is 134 cm³/mol. The molecule has 0 atom stereocenters. The van der Waals surface area contributed by atoms with Crippen LogP contribution in [0.15, 0.2) is 46.0 Å². The van der Waals surface area contributed by atoms with Crippen LogP contribution in [0.4, 0.5) is 5.95 Å². The van der Waals surface area contributed by atoms with Gasteiger partial charge in [0.05, 0.1) is 22.8 Å². The Labute approximate surface area is 203 Å². The first kappa shape index (κ1) is 25.2. The maximum atomic E-state index is 13.7. The zero-order chi connectivity index (χ0) is 25.0. The number of hydrogen-bond acceptors (Lipinski definition) is 5. The number of rotatable bonds is 9. The molecule has 8 nitrogen and oxygen atoms in total. The molecule has 3 rings (SSSR count). The average molecular weight is 485 g/mol. The van der Waals surface area contributed by atoms with Gasteiger partial charge in [0.25, 0.3) is 0 Å². The smallest absolute Gasteiger partial charge is 0.355 e. The van der Waals surface area contributed by atoms with Crippen molar-refractivity contribution in [2.45, 2.75) is 47.1 Å². The Morgan fingerprint density at radius 2 is 1.71 bits per heavy atom. The first-order valence-electron chi connectivity index (χ1n) is 11.3. The normalized spacial score (nSPS) is 11.0. The van der Waals surface area contributed by atoms with E-state index in [9.17, 15) is 19.5 Å². The monoisotopic (exact) mass is 484 g/mol. The number of anilines is 1. The first-order valence-corrected chi connectivity index (χ1v) is 11.6. The van der Waals surface area contributed by atoms with E-state index in [1.165, 1.54) is 16.7 Å². The fourth-order valence-electron chi connectivity index (χ4n) is 3.81. The summed E-state index contributed by atoms with van der Waals surface area (Å²) in [5.74, 6) is -1.02. The Bertz CT molecular complexity index is 1320. The van der Waals surface area contributed by atoms with Gasteiger partial charge in [0.1, 0.15) is 0 Å². The minimum atomic E-state index is -1.21. The number of aryl methyl sites for hydroxylation is 2. The number of carboxylic acids is 1. The van der Waals surface area contributed by atoms with Gasteiger partial charge in [-0.25, -0.2) is 23.5 Å². The molecule has 0 aliphatic heterocycles. The van der Waals surface area contributed by atoms with Crippen LogP contribution in [0.1, 0.15) is 53.7 Å². The maximum Gasteiger partial charge on any atom is 0.355 e. The van der Waals surface area contributed by atoms with Gasteiger partial charge in [-0.05, 0) is 61.6 Å². The van der Waals surface area contributed by atoms with Crippen molar-refractivity contribution >= 4 is 23.5 Å². The standard InChI is InChI=1S/C25H29ClN4O4/c1-5-11-28(12-6-2)23-27-24(33)29(15-18-8-7-16(3)17(4)13-18)25(34)30(23)19-9-10-21(26)20(14-19)22(31)32/h7-10,13-14H,5-6,11-12,15H2,1-4H3,(H,31,32). The summed E-state index contributed by atoms with van der Waals surface area (Å²) < 4.78 is 2.37. The van der Waals surface area contributed by atoms with Gasteiger partial charge in [-0.3, -0.25) is 0 Å². The third-order valence-electron chi connectivity index (χ3n) is 5.67. The van der Waals surface area contributed by atoms with Crippen molar-refractivity contribution in [1.29, 1.82) is 0 Å². The molecule has 0 fully saturated rings. The van der Waals surface area contributed by atoms with E-state index < -0.39 is 17.3 Å². The van der Waals surface area contributed by atoms with Crippen molar-refractivity contribution in [2.75, 3.05) is 18.0 Å². The molecule has 1 aromatic heterocycles. The fraction of sp³-hybridized carbons (Fsp3) is 0.360. The van der Waals surface area contributed by atoms with E-state index in [-0.39, 0.29) is 28.8 Å². The molecular weight excluding hydrogens is 456 g/mol. The number of carbonyl (C=O) groups is 1. The summed E-state index contributed by atoms with van der Waals surface area (Å²) in [5.41, 5.74) is 1.85. The molecule has 0 saturated carbocycles. The van der Waals surface area contributed by atoms with Crippen molar-refractivity contribution in [1.82, 2.24) is 14.1 Å². The van der Waals surface area contributed by atoms with Gasteiger partial charge >= 0.3 is 17.3 Å². The van der Waals surface area contributed by atoms with Crippen LogP contribution < -0.4 is 16.3 Å². The number of halogens is 1. The number of nitrogens with zero attached hydrogens (tertiary/aromatic N) is 4. The third kappa shape index (κ3) is 5.22. The molecule has 34 heavy (non-hydrogen) atoms. The van der Waals surface area contributed by atoms with Crippen LogP contribution in [0.2, 0.25) is 5.02 Å². The van der Waals surface area contributed by atoms with E-state index in [1.807, 2.05) is 50.8 Å². The van der Waals surface area contributed by atoms with E-state index in [1.54, 1.807) is 6.07 Å². The molecule has 0 aliphatic carbocycles. The first-order chi connectivity index (χ1) is 16.2. The highest BCUT2D eigenvalue weighted by Gasteiger charge is 2.21. The van der Waals surface area contributed by atoms with Crippen molar-refractivity contribution in [3.8, 4) is 5.69 Å². The molecule has 0 bridgehead atoms. The second kappa shape index (κ2) is 10.7. The van der Waals surface area contributed by atoms with E-state index in [2.05, 4.69) is 4.98 Å². The summed E-state index contributed by atoms with van der Waals surface area (Å²) in [6.45, 7) is 9.17. The van der Waals surface area contributed by atoms with Crippen molar-refractivity contribution < 1.29 is 9.90 Å². The Balaban J connectivity index is 2.28. The highest BCUT2D eigenvalue weighted by Crippen LogP contribution is 2.22. The van der Waals surface area contributed by atoms with Crippen molar-refractivity contribution in [2.24, 2.45) is 0 Å². The molecular formula is C25H29ClN4O4.